The van der Waals surface area contributed by atoms with Crippen LogP contribution in [0.2, 0.25) is 0 Å². The largest absolute Gasteiger partial charge is 0.308 e. The second-order valence-corrected chi connectivity index (χ2v) is 7.04. The Morgan fingerprint density at radius 2 is 2.00 bits per heavy atom. The zero-order valence-electron chi connectivity index (χ0n) is 11.7. The minimum absolute atomic E-state index is 0.421. The number of hydrogen-bond acceptors (Lipinski definition) is 2. The molecule has 0 aromatic carbocycles. The van der Waals surface area contributed by atoms with E-state index in [1.807, 2.05) is 0 Å². The lowest BCUT2D eigenvalue weighted by Crippen LogP contribution is -2.67. The highest BCUT2D eigenvalue weighted by molar-refractivity contribution is 5.06. The van der Waals surface area contributed by atoms with Crippen LogP contribution in [0.25, 0.3) is 0 Å². The molecule has 2 atom stereocenters. The number of piperazine rings is 1. The van der Waals surface area contributed by atoms with Gasteiger partial charge in [0.15, 0.2) is 0 Å². The van der Waals surface area contributed by atoms with Gasteiger partial charge in [-0.25, -0.2) is 0 Å². The van der Waals surface area contributed by atoms with E-state index < -0.39 is 0 Å². The van der Waals surface area contributed by atoms with E-state index in [4.69, 9.17) is 0 Å². The van der Waals surface area contributed by atoms with E-state index in [0.29, 0.717) is 5.54 Å². The van der Waals surface area contributed by atoms with E-state index in [9.17, 15) is 0 Å². The first-order chi connectivity index (χ1) is 8.12. The Hall–Kier alpha value is -0.0800. The van der Waals surface area contributed by atoms with Crippen molar-refractivity contribution in [2.75, 3.05) is 13.1 Å². The molecule has 1 heterocycles. The van der Waals surface area contributed by atoms with Crippen molar-refractivity contribution in [2.45, 2.75) is 70.5 Å². The van der Waals surface area contributed by atoms with E-state index in [1.165, 1.54) is 45.2 Å². The van der Waals surface area contributed by atoms with Crippen LogP contribution in [0, 0.1) is 11.8 Å². The van der Waals surface area contributed by atoms with Crippen LogP contribution in [0.15, 0.2) is 0 Å². The highest BCUT2D eigenvalue weighted by Gasteiger charge is 2.48. The normalized spacial score (nSPS) is 47.8. The fraction of sp³-hybridized carbons (Fsp3) is 1.00. The van der Waals surface area contributed by atoms with Gasteiger partial charge in [0, 0.05) is 30.7 Å². The highest BCUT2D eigenvalue weighted by atomic mass is 15.3. The van der Waals surface area contributed by atoms with E-state index in [-0.39, 0.29) is 0 Å². The van der Waals surface area contributed by atoms with Crippen molar-refractivity contribution in [3.05, 3.63) is 0 Å². The van der Waals surface area contributed by atoms with E-state index >= 15 is 0 Å². The third kappa shape index (κ3) is 2.15. The van der Waals surface area contributed by atoms with Crippen LogP contribution in [0.3, 0.4) is 0 Å². The third-order valence-electron chi connectivity index (χ3n) is 5.49. The van der Waals surface area contributed by atoms with Crippen molar-refractivity contribution in [3.8, 4) is 0 Å². The molecule has 2 nitrogen and oxygen atoms in total. The molecule has 0 bridgehead atoms. The van der Waals surface area contributed by atoms with Crippen molar-refractivity contribution >= 4 is 0 Å². The van der Waals surface area contributed by atoms with Crippen LogP contribution in [-0.2, 0) is 0 Å². The average molecular weight is 236 g/mol. The zero-order valence-corrected chi connectivity index (χ0v) is 11.7. The van der Waals surface area contributed by atoms with Crippen molar-refractivity contribution in [3.63, 3.8) is 0 Å². The second kappa shape index (κ2) is 4.24. The van der Waals surface area contributed by atoms with Gasteiger partial charge in [-0.3, -0.25) is 4.90 Å². The Bertz CT molecular complexity index is 281. The molecule has 2 unspecified atom stereocenters. The zero-order chi connectivity index (χ0) is 12.0. The van der Waals surface area contributed by atoms with E-state index in [0.717, 1.165) is 23.9 Å². The summed E-state index contributed by atoms with van der Waals surface area (Å²) in [4.78, 5) is 2.86. The SMILES string of the molecule is CCC1CNC(C)(C2CC2)CN1C1CC(C)C1. The van der Waals surface area contributed by atoms with Crippen molar-refractivity contribution in [1.82, 2.24) is 10.2 Å². The molecule has 2 saturated carbocycles. The summed E-state index contributed by atoms with van der Waals surface area (Å²) in [5, 5.41) is 3.86. The van der Waals surface area contributed by atoms with Crippen LogP contribution >= 0.6 is 0 Å². The lowest BCUT2D eigenvalue weighted by atomic mass is 9.78. The van der Waals surface area contributed by atoms with Gasteiger partial charge in [0.25, 0.3) is 0 Å². The van der Waals surface area contributed by atoms with Gasteiger partial charge in [0.2, 0.25) is 0 Å². The third-order valence-corrected chi connectivity index (χ3v) is 5.49. The molecule has 1 aliphatic heterocycles. The van der Waals surface area contributed by atoms with E-state index in [1.54, 1.807) is 0 Å². The summed E-state index contributed by atoms with van der Waals surface area (Å²) >= 11 is 0. The van der Waals surface area contributed by atoms with E-state index in [2.05, 4.69) is 31.0 Å². The molecule has 1 N–H and O–H groups in total. The predicted molar refractivity (Wildman–Crippen MR) is 72.1 cm³/mol. The summed E-state index contributed by atoms with van der Waals surface area (Å²) in [5.41, 5.74) is 0.421. The predicted octanol–water partition coefficient (Wildman–Crippen LogP) is 2.64. The summed E-state index contributed by atoms with van der Waals surface area (Å²) in [5.74, 6) is 1.93. The number of rotatable bonds is 3. The molecule has 1 saturated heterocycles. The molecule has 3 fully saturated rings. The minimum Gasteiger partial charge on any atom is -0.308 e. The average Bonchev–Trinajstić information content (AvgIpc) is 3.09. The molecular formula is C15H28N2. The lowest BCUT2D eigenvalue weighted by molar-refractivity contribution is -0.0102. The molecule has 98 valence electrons. The van der Waals surface area contributed by atoms with Gasteiger partial charge in [-0.05, 0) is 50.9 Å². The van der Waals surface area contributed by atoms with Crippen LogP contribution in [0.5, 0.6) is 0 Å². The summed E-state index contributed by atoms with van der Waals surface area (Å²) in [7, 11) is 0. The van der Waals surface area contributed by atoms with Gasteiger partial charge in [-0.1, -0.05) is 13.8 Å². The van der Waals surface area contributed by atoms with Crippen LogP contribution in [-0.4, -0.2) is 35.6 Å². The van der Waals surface area contributed by atoms with Crippen LogP contribution in [0.4, 0.5) is 0 Å². The van der Waals surface area contributed by atoms with Gasteiger partial charge in [-0.15, -0.1) is 0 Å². The summed E-state index contributed by atoms with van der Waals surface area (Å²) in [6.07, 6.45) is 7.09. The molecule has 0 spiro atoms. The second-order valence-electron chi connectivity index (χ2n) is 7.04. The van der Waals surface area contributed by atoms with Crippen LogP contribution in [0.1, 0.15) is 52.9 Å². The van der Waals surface area contributed by atoms with Gasteiger partial charge >= 0.3 is 0 Å². The molecule has 0 aromatic heterocycles. The fourth-order valence-corrected chi connectivity index (χ4v) is 3.96. The minimum atomic E-state index is 0.421. The molecule has 0 amide bonds. The maximum absolute atomic E-state index is 3.86. The molecule has 0 aromatic rings. The Morgan fingerprint density at radius 1 is 1.29 bits per heavy atom. The Balaban J connectivity index is 1.68. The first kappa shape index (κ1) is 12.0. The Morgan fingerprint density at radius 3 is 2.53 bits per heavy atom. The van der Waals surface area contributed by atoms with Crippen molar-refractivity contribution in [2.24, 2.45) is 11.8 Å². The standard InChI is InChI=1S/C15H28N2/c1-4-13-9-16-15(3,12-5-6-12)10-17(13)14-7-11(2)8-14/h11-14,16H,4-10H2,1-3H3. The monoisotopic (exact) mass is 236 g/mol. The highest BCUT2D eigenvalue weighted by Crippen LogP contribution is 2.43. The number of hydrogen-bond donors (Lipinski definition) is 1. The smallest absolute Gasteiger partial charge is 0.0309 e. The fourth-order valence-electron chi connectivity index (χ4n) is 3.96. The lowest BCUT2D eigenvalue weighted by Gasteiger charge is -2.53. The van der Waals surface area contributed by atoms with Crippen molar-refractivity contribution < 1.29 is 0 Å². The molecule has 0 radical (unpaired) electrons. The summed E-state index contributed by atoms with van der Waals surface area (Å²) in [6.45, 7) is 9.73. The summed E-state index contributed by atoms with van der Waals surface area (Å²) in [6, 6.07) is 1.69. The van der Waals surface area contributed by atoms with Gasteiger partial charge in [0.1, 0.15) is 0 Å². The molecule has 17 heavy (non-hydrogen) atoms. The molecule has 2 heteroatoms. The first-order valence-electron chi connectivity index (χ1n) is 7.63. The molecule has 3 rings (SSSR count). The molecular weight excluding hydrogens is 208 g/mol. The van der Waals surface area contributed by atoms with Gasteiger partial charge in [-0.2, -0.15) is 0 Å². The topological polar surface area (TPSA) is 15.3 Å². The number of nitrogens with zero attached hydrogens (tertiary/aromatic N) is 1. The molecule has 2 aliphatic carbocycles. The maximum atomic E-state index is 3.86. The molecule has 3 aliphatic rings. The van der Waals surface area contributed by atoms with Crippen LogP contribution < -0.4 is 5.32 Å². The number of nitrogens with one attached hydrogen (secondary N) is 1. The van der Waals surface area contributed by atoms with Gasteiger partial charge in [0.05, 0.1) is 0 Å². The first-order valence-corrected chi connectivity index (χ1v) is 7.63. The Labute approximate surface area is 106 Å². The Kier molecular flexibility index (Phi) is 2.99. The quantitative estimate of drug-likeness (QED) is 0.810. The maximum Gasteiger partial charge on any atom is 0.0309 e. The summed E-state index contributed by atoms with van der Waals surface area (Å²) < 4.78 is 0. The van der Waals surface area contributed by atoms with Gasteiger partial charge < -0.3 is 5.32 Å². The van der Waals surface area contributed by atoms with Crippen molar-refractivity contribution in [1.29, 1.82) is 0 Å².